The predicted octanol–water partition coefficient (Wildman–Crippen LogP) is -0.0310. The Morgan fingerprint density at radius 2 is 1.81 bits per heavy atom. The lowest BCUT2D eigenvalue weighted by molar-refractivity contribution is -0.132. The Labute approximate surface area is 97.6 Å². The smallest absolute Gasteiger partial charge is 0.239 e. The van der Waals surface area contributed by atoms with Gasteiger partial charge in [-0.2, -0.15) is 0 Å². The zero-order chi connectivity index (χ0) is 12.6. The predicted molar refractivity (Wildman–Crippen MR) is 64.1 cm³/mol. The quantitative estimate of drug-likeness (QED) is 0.644. The molecule has 0 saturated heterocycles. The molecule has 0 bridgehead atoms. The third-order valence-electron chi connectivity index (χ3n) is 2.53. The van der Waals surface area contributed by atoms with Crippen molar-refractivity contribution in [1.82, 2.24) is 15.5 Å². The summed E-state index contributed by atoms with van der Waals surface area (Å²) in [6.45, 7) is 7.70. The lowest BCUT2D eigenvalue weighted by Gasteiger charge is -2.23. The van der Waals surface area contributed by atoms with Gasteiger partial charge in [-0.15, -0.1) is 0 Å². The molecule has 16 heavy (non-hydrogen) atoms. The van der Waals surface area contributed by atoms with E-state index < -0.39 is 0 Å². The van der Waals surface area contributed by atoms with Crippen molar-refractivity contribution in [2.24, 2.45) is 0 Å². The zero-order valence-corrected chi connectivity index (χ0v) is 10.7. The molecule has 2 N–H and O–H groups in total. The van der Waals surface area contributed by atoms with Crippen LogP contribution in [-0.2, 0) is 9.59 Å². The van der Waals surface area contributed by atoms with Crippen LogP contribution in [0.15, 0.2) is 0 Å². The van der Waals surface area contributed by atoms with Gasteiger partial charge in [0, 0.05) is 33.1 Å². The van der Waals surface area contributed by atoms with E-state index >= 15 is 0 Å². The molecular formula is C11H23N3O2. The molecule has 5 heteroatoms. The second-order valence-electron chi connectivity index (χ2n) is 3.61. The maximum absolute atomic E-state index is 11.8. The topological polar surface area (TPSA) is 61.4 Å². The van der Waals surface area contributed by atoms with Crippen molar-refractivity contribution in [3.05, 3.63) is 0 Å². The van der Waals surface area contributed by atoms with Gasteiger partial charge in [0.2, 0.25) is 11.8 Å². The van der Waals surface area contributed by atoms with E-state index in [4.69, 9.17) is 0 Å². The van der Waals surface area contributed by atoms with Crippen molar-refractivity contribution >= 4 is 11.8 Å². The van der Waals surface area contributed by atoms with Gasteiger partial charge in [-0.25, -0.2) is 0 Å². The fourth-order valence-electron chi connectivity index (χ4n) is 1.42. The monoisotopic (exact) mass is 229 g/mol. The van der Waals surface area contributed by atoms with Crippen molar-refractivity contribution in [3.63, 3.8) is 0 Å². The van der Waals surface area contributed by atoms with Crippen LogP contribution < -0.4 is 10.6 Å². The average molecular weight is 229 g/mol. The van der Waals surface area contributed by atoms with Gasteiger partial charge in [-0.1, -0.05) is 0 Å². The molecule has 1 atom stereocenters. The Bertz CT molecular complexity index is 227. The van der Waals surface area contributed by atoms with Crippen LogP contribution in [0.5, 0.6) is 0 Å². The third-order valence-corrected chi connectivity index (χ3v) is 2.53. The minimum atomic E-state index is -0.232. The molecule has 0 saturated carbocycles. The van der Waals surface area contributed by atoms with E-state index in [2.05, 4.69) is 10.6 Å². The van der Waals surface area contributed by atoms with Gasteiger partial charge in [0.05, 0.1) is 6.04 Å². The molecule has 1 unspecified atom stereocenters. The number of rotatable bonds is 7. The molecule has 0 rings (SSSR count). The molecule has 0 spiro atoms. The van der Waals surface area contributed by atoms with Gasteiger partial charge in [0.15, 0.2) is 0 Å². The summed E-state index contributed by atoms with van der Waals surface area (Å²) in [5.74, 6) is 0.0666. The van der Waals surface area contributed by atoms with Crippen molar-refractivity contribution in [1.29, 1.82) is 0 Å². The number of nitrogens with zero attached hydrogens (tertiary/aromatic N) is 1. The maximum atomic E-state index is 11.8. The van der Waals surface area contributed by atoms with Crippen LogP contribution in [0, 0.1) is 0 Å². The standard InChI is InChI=1S/C11H23N3O2/c1-5-14(6-2)11(16)9(3)13-8-7-10(15)12-4/h9,13H,5-8H2,1-4H3,(H,12,15). The van der Waals surface area contributed by atoms with Gasteiger partial charge in [0.25, 0.3) is 0 Å². The molecule has 0 radical (unpaired) electrons. The number of hydrogen-bond acceptors (Lipinski definition) is 3. The van der Waals surface area contributed by atoms with Crippen LogP contribution in [0.3, 0.4) is 0 Å². The Balaban J connectivity index is 3.91. The Kier molecular flexibility index (Phi) is 7.54. The normalized spacial score (nSPS) is 12.0. The molecule has 0 aliphatic rings. The highest BCUT2D eigenvalue weighted by atomic mass is 16.2. The number of carbonyl (C=O) groups excluding carboxylic acids is 2. The molecule has 0 aromatic heterocycles. The Morgan fingerprint density at radius 3 is 2.25 bits per heavy atom. The molecule has 0 aliphatic heterocycles. The summed E-state index contributed by atoms with van der Waals surface area (Å²) in [6, 6.07) is -0.232. The summed E-state index contributed by atoms with van der Waals surface area (Å²) in [6.07, 6.45) is 0.395. The number of carbonyl (C=O) groups is 2. The zero-order valence-electron chi connectivity index (χ0n) is 10.7. The Morgan fingerprint density at radius 1 is 1.25 bits per heavy atom. The largest absolute Gasteiger partial charge is 0.359 e. The van der Waals surface area contributed by atoms with Gasteiger partial charge >= 0.3 is 0 Å². The number of hydrogen-bond donors (Lipinski definition) is 2. The van der Waals surface area contributed by atoms with E-state index in [1.165, 1.54) is 0 Å². The van der Waals surface area contributed by atoms with Crippen LogP contribution >= 0.6 is 0 Å². The highest BCUT2D eigenvalue weighted by Gasteiger charge is 2.17. The van der Waals surface area contributed by atoms with Crippen LogP contribution in [0.4, 0.5) is 0 Å². The van der Waals surface area contributed by atoms with Gasteiger partial charge in [0.1, 0.15) is 0 Å². The van der Waals surface area contributed by atoms with Crippen molar-refractivity contribution in [3.8, 4) is 0 Å². The first-order valence-electron chi connectivity index (χ1n) is 5.79. The second kappa shape index (κ2) is 8.10. The first kappa shape index (κ1) is 14.9. The van der Waals surface area contributed by atoms with E-state index in [1.54, 1.807) is 11.9 Å². The summed E-state index contributed by atoms with van der Waals surface area (Å²) < 4.78 is 0. The molecule has 94 valence electrons. The maximum Gasteiger partial charge on any atom is 0.239 e. The lowest BCUT2D eigenvalue weighted by Crippen LogP contribution is -2.45. The van der Waals surface area contributed by atoms with Crippen LogP contribution in [-0.4, -0.2) is 49.4 Å². The van der Waals surface area contributed by atoms with E-state index in [1.807, 2.05) is 20.8 Å². The highest BCUT2D eigenvalue weighted by molar-refractivity contribution is 5.81. The summed E-state index contributed by atoms with van der Waals surface area (Å²) >= 11 is 0. The van der Waals surface area contributed by atoms with E-state index in [0.717, 1.165) is 13.1 Å². The SMILES string of the molecule is CCN(CC)C(=O)C(C)NCCC(=O)NC. The molecule has 5 nitrogen and oxygen atoms in total. The first-order valence-corrected chi connectivity index (χ1v) is 5.79. The molecule has 0 aliphatic carbocycles. The highest BCUT2D eigenvalue weighted by Crippen LogP contribution is 1.94. The van der Waals surface area contributed by atoms with Crippen molar-refractivity contribution in [2.75, 3.05) is 26.7 Å². The lowest BCUT2D eigenvalue weighted by atomic mass is 10.2. The summed E-state index contributed by atoms with van der Waals surface area (Å²) in [5.41, 5.74) is 0. The summed E-state index contributed by atoms with van der Waals surface area (Å²) in [4.78, 5) is 24.6. The number of nitrogens with one attached hydrogen (secondary N) is 2. The van der Waals surface area contributed by atoms with Crippen molar-refractivity contribution in [2.45, 2.75) is 33.2 Å². The van der Waals surface area contributed by atoms with Crippen molar-refractivity contribution < 1.29 is 9.59 Å². The number of amides is 2. The van der Waals surface area contributed by atoms with E-state index in [0.29, 0.717) is 13.0 Å². The molecule has 0 fully saturated rings. The van der Waals surface area contributed by atoms with Gasteiger partial charge in [-0.3, -0.25) is 9.59 Å². The molecular weight excluding hydrogens is 206 g/mol. The summed E-state index contributed by atoms with van der Waals surface area (Å²) in [7, 11) is 1.60. The molecule has 0 heterocycles. The molecule has 0 aromatic carbocycles. The first-order chi connectivity index (χ1) is 7.56. The third kappa shape index (κ3) is 5.11. The molecule has 2 amide bonds. The van der Waals surface area contributed by atoms with Crippen LogP contribution in [0.25, 0.3) is 0 Å². The minimum absolute atomic E-state index is 0.0185. The van der Waals surface area contributed by atoms with Gasteiger partial charge in [-0.05, 0) is 20.8 Å². The number of likely N-dealkylation sites (N-methyl/N-ethyl adjacent to an activating group) is 1. The summed E-state index contributed by atoms with van der Waals surface area (Å²) in [5, 5.41) is 5.58. The van der Waals surface area contributed by atoms with Gasteiger partial charge < -0.3 is 15.5 Å². The average Bonchev–Trinajstić information content (AvgIpc) is 2.29. The fraction of sp³-hybridized carbons (Fsp3) is 0.818. The van der Waals surface area contributed by atoms with E-state index in [-0.39, 0.29) is 17.9 Å². The second-order valence-corrected chi connectivity index (χ2v) is 3.61. The van der Waals surface area contributed by atoms with Crippen LogP contribution in [0.1, 0.15) is 27.2 Å². The fourth-order valence-corrected chi connectivity index (χ4v) is 1.42. The minimum Gasteiger partial charge on any atom is -0.359 e. The Hall–Kier alpha value is -1.10. The molecule has 0 aromatic rings. The van der Waals surface area contributed by atoms with Crippen LogP contribution in [0.2, 0.25) is 0 Å². The van der Waals surface area contributed by atoms with E-state index in [9.17, 15) is 9.59 Å².